The lowest BCUT2D eigenvalue weighted by Gasteiger charge is -2.09. The van der Waals surface area contributed by atoms with Crippen LogP contribution in [0.3, 0.4) is 0 Å². The van der Waals surface area contributed by atoms with Gasteiger partial charge in [0.15, 0.2) is 0 Å². The van der Waals surface area contributed by atoms with E-state index in [1.54, 1.807) is 0 Å². The van der Waals surface area contributed by atoms with Crippen LogP contribution in [0, 0.1) is 18.3 Å². The number of fused-ring (bicyclic) bond motifs is 1. The van der Waals surface area contributed by atoms with Crippen LogP contribution in [0.1, 0.15) is 29.2 Å². The van der Waals surface area contributed by atoms with Gasteiger partial charge in [-0.3, -0.25) is 0 Å². The van der Waals surface area contributed by atoms with Crippen molar-refractivity contribution in [3.05, 3.63) is 108 Å². The Kier molecular flexibility index (Phi) is 6.71. The number of aryl methyl sites for hydroxylation is 1. The van der Waals surface area contributed by atoms with E-state index in [0.29, 0.717) is 5.56 Å². The van der Waals surface area contributed by atoms with Gasteiger partial charge in [-0.15, -0.1) is 13.2 Å². The summed E-state index contributed by atoms with van der Waals surface area (Å²) in [5.74, 6) is 0. The van der Waals surface area contributed by atoms with E-state index in [9.17, 15) is 0 Å². The van der Waals surface area contributed by atoms with E-state index in [0.717, 1.165) is 11.1 Å². The number of hydrogen-bond acceptors (Lipinski definition) is 1. The highest BCUT2D eigenvalue weighted by molar-refractivity contribution is 5.93. The van der Waals surface area contributed by atoms with E-state index in [-0.39, 0.29) is 0 Å². The van der Waals surface area contributed by atoms with Gasteiger partial charge in [0.25, 0.3) is 0 Å². The highest BCUT2D eigenvalue weighted by Crippen LogP contribution is 2.26. The van der Waals surface area contributed by atoms with Crippen molar-refractivity contribution in [3.8, 4) is 6.07 Å². The molecule has 0 aliphatic rings. The molecular formula is C25H23N. The Morgan fingerprint density at radius 2 is 1.65 bits per heavy atom. The molecule has 128 valence electrons. The average molecular weight is 337 g/mol. The van der Waals surface area contributed by atoms with E-state index in [1.807, 2.05) is 37.3 Å². The zero-order valence-corrected chi connectivity index (χ0v) is 15.4. The maximum Gasteiger partial charge on any atom is 0.0991 e. The summed E-state index contributed by atoms with van der Waals surface area (Å²) in [6.45, 7) is 10.2. The summed E-state index contributed by atoms with van der Waals surface area (Å²) < 4.78 is 0. The molecule has 0 bridgehead atoms. The van der Waals surface area contributed by atoms with Crippen LogP contribution in [0.4, 0.5) is 0 Å². The first kappa shape index (κ1) is 19.0. The highest BCUT2D eigenvalue weighted by atomic mass is 14.2. The Bertz CT molecular complexity index is 983. The minimum atomic E-state index is 0.681. The summed E-state index contributed by atoms with van der Waals surface area (Å²) in [6, 6.07) is 22.7. The molecule has 1 heteroatoms. The van der Waals surface area contributed by atoms with Gasteiger partial charge in [-0.2, -0.15) is 5.26 Å². The van der Waals surface area contributed by atoms with Crippen molar-refractivity contribution in [2.75, 3.05) is 0 Å². The number of hydrogen-bond donors (Lipinski definition) is 0. The predicted molar refractivity (Wildman–Crippen MR) is 114 cm³/mol. The second kappa shape index (κ2) is 9.20. The van der Waals surface area contributed by atoms with Gasteiger partial charge < -0.3 is 0 Å². The van der Waals surface area contributed by atoms with E-state index in [4.69, 9.17) is 5.26 Å². The van der Waals surface area contributed by atoms with Crippen molar-refractivity contribution in [1.29, 1.82) is 5.26 Å². The first-order chi connectivity index (χ1) is 12.7. The smallest absolute Gasteiger partial charge is 0.0991 e. The largest absolute Gasteiger partial charge is 0.192 e. The minimum Gasteiger partial charge on any atom is -0.192 e. The Morgan fingerprint density at radius 3 is 2.31 bits per heavy atom. The van der Waals surface area contributed by atoms with Gasteiger partial charge in [0.1, 0.15) is 0 Å². The molecule has 0 amide bonds. The third-order valence-electron chi connectivity index (χ3n) is 4.24. The van der Waals surface area contributed by atoms with Crippen LogP contribution in [0.5, 0.6) is 0 Å². The molecule has 0 radical (unpaired) electrons. The summed E-state index contributed by atoms with van der Waals surface area (Å²) >= 11 is 0. The maximum atomic E-state index is 8.96. The molecule has 0 atom stereocenters. The van der Waals surface area contributed by atoms with E-state index in [1.165, 1.54) is 21.9 Å². The molecule has 0 aromatic heterocycles. The van der Waals surface area contributed by atoms with Crippen molar-refractivity contribution in [2.24, 2.45) is 0 Å². The van der Waals surface area contributed by atoms with Crippen LogP contribution >= 0.6 is 0 Å². The molecule has 3 rings (SSSR count). The highest BCUT2D eigenvalue weighted by Gasteiger charge is 2.04. The van der Waals surface area contributed by atoms with Crippen molar-refractivity contribution >= 4 is 22.4 Å². The monoisotopic (exact) mass is 337 g/mol. The van der Waals surface area contributed by atoms with Gasteiger partial charge >= 0.3 is 0 Å². The molecule has 0 saturated heterocycles. The third-order valence-corrected chi connectivity index (χ3v) is 4.24. The van der Waals surface area contributed by atoms with E-state index < -0.39 is 0 Å². The molecule has 0 unspecified atom stereocenters. The fourth-order valence-corrected chi connectivity index (χ4v) is 2.91. The van der Waals surface area contributed by atoms with Crippen LogP contribution in [-0.2, 0) is 0 Å². The Balaban J connectivity index is 0.00000117. The summed E-state index contributed by atoms with van der Waals surface area (Å²) in [5, 5.41) is 11.5. The van der Waals surface area contributed by atoms with Crippen molar-refractivity contribution in [1.82, 2.24) is 0 Å². The van der Waals surface area contributed by atoms with Gasteiger partial charge in [0.2, 0.25) is 0 Å². The summed E-state index contributed by atoms with van der Waals surface area (Å²) in [7, 11) is 0. The second-order valence-corrected chi connectivity index (χ2v) is 5.79. The number of allylic oxidation sites excluding steroid dienone is 3. The molecule has 1 nitrogen and oxygen atoms in total. The Morgan fingerprint density at radius 1 is 0.962 bits per heavy atom. The molecule has 0 fully saturated rings. The van der Waals surface area contributed by atoms with Gasteiger partial charge in [-0.25, -0.2) is 0 Å². The van der Waals surface area contributed by atoms with Gasteiger partial charge in [0, 0.05) is 0 Å². The van der Waals surface area contributed by atoms with E-state index >= 15 is 0 Å². The van der Waals surface area contributed by atoms with Crippen LogP contribution in [0.15, 0.2) is 86.0 Å². The molecular weight excluding hydrogens is 314 g/mol. The third kappa shape index (κ3) is 4.18. The van der Waals surface area contributed by atoms with Gasteiger partial charge in [-0.1, -0.05) is 60.7 Å². The lowest BCUT2D eigenvalue weighted by molar-refractivity contribution is 1.47. The van der Waals surface area contributed by atoms with Crippen molar-refractivity contribution in [2.45, 2.75) is 13.8 Å². The van der Waals surface area contributed by atoms with Crippen LogP contribution in [0.25, 0.3) is 22.4 Å². The maximum absolute atomic E-state index is 8.96. The van der Waals surface area contributed by atoms with Crippen LogP contribution in [0.2, 0.25) is 0 Å². The quantitative estimate of drug-likeness (QED) is 0.288. The first-order valence-corrected chi connectivity index (χ1v) is 8.56. The standard InChI is InChI=1S/C23H19N.C2H4/c1-3-6-22(19-11-9-18(16-24)10-12-19)15-21-14-13-20-7-4-5-8-23(20)17(21)2;1-2/h3-15H,1-2H3;1-2H2/b6-3+,22-15-;. The van der Waals surface area contributed by atoms with Crippen LogP contribution < -0.4 is 0 Å². The molecule has 3 aromatic carbocycles. The van der Waals surface area contributed by atoms with Gasteiger partial charge in [0.05, 0.1) is 11.6 Å². The number of nitrogens with zero attached hydrogens (tertiary/aromatic N) is 1. The topological polar surface area (TPSA) is 23.8 Å². The normalized spacial score (nSPS) is 11.0. The zero-order valence-electron chi connectivity index (χ0n) is 15.4. The fraction of sp³-hybridized carbons (Fsp3) is 0.0800. The molecule has 0 saturated carbocycles. The molecule has 3 aromatic rings. The Labute approximate surface area is 156 Å². The fourth-order valence-electron chi connectivity index (χ4n) is 2.91. The zero-order chi connectivity index (χ0) is 18.9. The van der Waals surface area contributed by atoms with Gasteiger partial charge in [-0.05, 0) is 65.1 Å². The molecule has 0 spiro atoms. The van der Waals surface area contributed by atoms with Crippen molar-refractivity contribution < 1.29 is 0 Å². The summed E-state index contributed by atoms with van der Waals surface area (Å²) in [6.07, 6.45) is 6.36. The predicted octanol–water partition coefficient (Wildman–Crippen LogP) is 6.94. The lowest BCUT2D eigenvalue weighted by Crippen LogP contribution is -1.87. The molecule has 0 aliphatic carbocycles. The lowest BCUT2D eigenvalue weighted by atomic mass is 9.96. The molecule has 26 heavy (non-hydrogen) atoms. The second-order valence-electron chi connectivity index (χ2n) is 5.79. The minimum absolute atomic E-state index is 0.681. The van der Waals surface area contributed by atoms with E-state index in [2.05, 4.69) is 74.7 Å². The van der Waals surface area contributed by atoms with Crippen molar-refractivity contribution in [3.63, 3.8) is 0 Å². The molecule has 0 aliphatic heterocycles. The van der Waals surface area contributed by atoms with Crippen LogP contribution in [-0.4, -0.2) is 0 Å². The average Bonchev–Trinajstić information content (AvgIpc) is 2.71. The number of rotatable bonds is 3. The summed E-state index contributed by atoms with van der Waals surface area (Å²) in [5.41, 5.74) is 5.43. The number of nitriles is 1. The summed E-state index contributed by atoms with van der Waals surface area (Å²) in [4.78, 5) is 0. The molecule has 0 heterocycles. The Hall–Kier alpha value is -3.37. The first-order valence-electron chi connectivity index (χ1n) is 8.56. The number of benzene rings is 3. The SMILES string of the molecule is C/C=C/C(=C/c1ccc2ccccc2c1C)c1ccc(C#N)cc1.C=C. The molecule has 0 N–H and O–H groups in total.